The number of aromatic amines is 1. The molecule has 1 aliphatic rings. The van der Waals surface area contributed by atoms with Gasteiger partial charge in [-0.25, -0.2) is 0 Å². The predicted octanol–water partition coefficient (Wildman–Crippen LogP) is 2.60. The Labute approximate surface area is 135 Å². The third kappa shape index (κ3) is 3.97. The van der Waals surface area contributed by atoms with E-state index in [1.807, 2.05) is 30.3 Å². The van der Waals surface area contributed by atoms with Crippen LogP contribution in [0, 0.1) is 0 Å². The van der Waals surface area contributed by atoms with Gasteiger partial charge in [0.2, 0.25) is 0 Å². The fourth-order valence-corrected chi connectivity index (χ4v) is 2.57. The molecular formula is C17H21N3O3. The molecule has 0 bridgehead atoms. The number of amides is 1. The summed E-state index contributed by atoms with van der Waals surface area (Å²) >= 11 is 0. The molecule has 6 heteroatoms. The summed E-state index contributed by atoms with van der Waals surface area (Å²) < 4.78 is 11.1. The zero-order chi connectivity index (χ0) is 16.1. The molecule has 0 saturated carbocycles. The highest BCUT2D eigenvalue weighted by atomic mass is 16.5. The molecule has 2 atom stereocenters. The molecule has 122 valence electrons. The normalized spacial score (nSPS) is 18.7. The number of nitrogens with one attached hydrogen (secondary N) is 2. The standard InChI is InChI=1S/C17H21N3O3/c1-12(23-11-13-5-4-10-22-13)17(21)19-15-7-3-2-6-14(15)16-8-9-18-20-16/h2-3,6-9,12-13H,4-5,10-11H2,1H3,(H,18,20)(H,19,21). The van der Waals surface area contributed by atoms with Crippen molar-refractivity contribution in [2.45, 2.75) is 32.0 Å². The van der Waals surface area contributed by atoms with Crippen LogP contribution in [-0.2, 0) is 14.3 Å². The minimum absolute atomic E-state index is 0.113. The molecule has 2 aromatic rings. The number of carbonyl (C=O) groups excluding carboxylic acids is 1. The van der Waals surface area contributed by atoms with E-state index < -0.39 is 6.10 Å². The van der Waals surface area contributed by atoms with Gasteiger partial charge in [0.05, 0.1) is 24.1 Å². The van der Waals surface area contributed by atoms with Crippen LogP contribution in [0.2, 0.25) is 0 Å². The second-order valence-electron chi connectivity index (χ2n) is 5.62. The lowest BCUT2D eigenvalue weighted by Gasteiger charge is -2.17. The predicted molar refractivity (Wildman–Crippen MR) is 87.0 cm³/mol. The Kier molecular flexibility index (Phi) is 5.05. The van der Waals surface area contributed by atoms with Gasteiger partial charge in [-0.05, 0) is 31.9 Å². The van der Waals surface area contributed by atoms with Crippen LogP contribution in [0.4, 0.5) is 5.69 Å². The minimum atomic E-state index is -0.533. The Morgan fingerprint density at radius 1 is 1.48 bits per heavy atom. The fraction of sp³-hybridized carbons (Fsp3) is 0.412. The van der Waals surface area contributed by atoms with Gasteiger partial charge in [-0.1, -0.05) is 18.2 Å². The lowest BCUT2D eigenvalue weighted by Crippen LogP contribution is -2.30. The molecule has 3 rings (SSSR count). The first-order valence-corrected chi connectivity index (χ1v) is 7.87. The van der Waals surface area contributed by atoms with Crippen molar-refractivity contribution >= 4 is 11.6 Å². The molecule has 2 unspecified atom stereocenters. The average molecular weight is 315 g/mol. The Morgan fingerprint density at radius 3 is 3.09 bits per heavy atom. The molecule has 1 aliphatic heterocycles. The molecule has 1 amide bonds. The molecule has 1 saturated heterocycles. The van der Waals surface area contributed by atoms with Crippen LogP contribution in [0.25, 0.3) is 11.3 Å². The molecule has 1 aromatic heterocycles. The number of para-hydroxylation sites is 1. The van der Waals surface area contributed by atoms with Crippen molar-refractivity contribution in [3.8, 4) is 11.3 Å². The molecule has 1 aromatic carbocycles. The largest absolute Gasteiger partial charge is 0.376 e. The van der Waals surface area contributed by atoms with Gasteiger partial charge in [-0.3, -0.25) is 9.89 Å². The lowest BCUT2D eigenvalue weighted by molar-refractivity contribution is -0.128. The van der Waals surface area contributed by atoms with Crippen molar-refractivity contribution in [1.29, 1.82) is 0 Å². The molecule has 6 nitrogen and oxygen atoms in total. The first-order valence-electron chi connectivity index (χ1n) is 7.87. The van der Waals surface area contributed by atoms with Crippen LogP contribution in [-0.4, -0.2) is 41.5 Å². The topological polar surface area (TPSA) is 76.2 Å². The van der Waals surface area contributed by atoms with Crippen molar-refractivity contribution in [2.75, 3.05) is 18.5 Å². The van der Waals surface area contributed by atoms with E-state index in [0.29, 0.717) is 6.61 Å². The van der Waals surface area contributed by atoms with Crippen molar-refractivity contribution < 1.29 is 14.3 Å². The monoisotopic (exact) mass is 315 g/mol. The second-order valence-corrected chi connectivity index (χ2v) is 5.62. The van der Waals surface area contributed by atoms with Crippen LogP contribution in [0.15, 0.2) is 36.5 Å². The number of aromatic nitrogens is 2. The summed E-state index contributed by atoms with van der Waals surface area (Å²) in [5.41, 5.74) is 2.48. The van der Waals surface area contributed by atoms with Gasteiger partial charge in [-0.15, -0.1) is 0 Å². The van der Waals surface area contributed by atoms with E-state index >= 15 is 0 Å². The number of nitrogens with zero attached hydrogens (tertiary/aromatic N) is 1. The number of rotatable bonds is 6. The second kappa shape index (κ2) is 7.39. The number of hydrogen-bond acceptors (Lipinski definition) is 4. The van der Waals surface area contributed by atoms with E-state index in [0.717, 1.165) is 36.4 Å². The van der Waals surface area contributed by atoms with E-state index in [9.17, 15) is 4.79 Å². The van der Waals surface area contributed by atoms with E-state index in [2.05, 4.69) is 15.5 Å². The summed E-state index contributed by atoms with van der Waals surface area (Å²) in [6, 6.07) is 9.46. The zero-order valence-corrected chi connectivity index (χ0v) is 13.1. The Balaban J connectivity index is 1.61. The van der Waals surface area contributed by atoms with Crippen LogP contribution < -0.4 is 5.32 Å². The molecule has 0 radical (unpaired) electrons. The molecule has 0 spiro atoms. The SMILES string of the molecule is CC(OCC1CCCO1)C(=O)Nc1ccccc1-c1ccn[nH]1. The summed E-state index contributed by atoms with van der Waals surface area (Å²) in [5, 5.41) is 9.78. The maximum atomic E-state index is 12.3. The van der Waals surface area contributed by atoms with Gasteiger partial charge in [0.25, 0.3) is 5.91 Å². The van der Waals surface area contributed by atoms with E-state index in [-0.39, 0.29) is 12.0 Å². The van der Waals surface area contributed by atoms with Gasteiger partial charge < -0.3 is 14.8 Å². The summed E-state index contributed by atoms with van der Waals surface area (Å²) in [7, 11) is 0. The Bertz CT molecular complexity index is 636. The highest BCUT2D eigenvalue weighted by Crippen LogP contribution is 2.26. The van der Waals surface area contributed by atoms with Crippen molar-refractivity contribution in [3.05, 3.63) is 36.5 Å². The summed E-state index contributed by atoms with van der Waals surface area (Å²) in [6.45, 7) is 2.99. The van der Waals surface area contributed by atoms with Crippen LogP contribution in [0.3, 0.4) is 0 Å². The minimum Gasteiger partial charge on any atom is -0.376 e. The quantitative estimate of drug-likeness (QED) is 0.859. The van der Waals surface area contributed by atoms with Crippen LogP contribution in [0.1, 0.15) is 19.8 Å². The molecule has 0 aliphatic carbocycles. The first-order chi connectivity index (χ1) is 11.2. The van der Waals surface area contributed by atoms with Gasteiger partial charge in [0.1, 0.15) is 6.10 Å². The summed E-state index contributed by atoms with van der Waals surface area (Å²) in [5.74, 6) is -0.171. The van der Waals surface area contributed by atoms with Crippen LogP contribution >= 0.6 is 0 Å². The molecule has 1 fully saturated rings. The van der Waals surface area contributed by atoms with Gasteiger partial charge >= 0.3 is 0 Å². The smallest absolute Gasteiger partial charge is 0.253 e. The summed E-state index contributed by atoms with van der Waals surface area (Å²) in [4.78, 5) is 12.3. The van der Waals surface area contributed by atoms with Crippen molar-refractivity contribution in [1.82, 2.24) is 10.2 Å². The van der Waals surface area contributed by atoms with E-state index in [4.69, 9.17) is 9.47 Å². The fourth-order valence-electron chi connectivity index (χ4n) is 2.57. The number of anilines is 1. The Hall–Kier alpha value is -2.18. The number of benzene rings is 1. The number of hydrogen-bond donors (Lipinski definition) is 2. The van der Waals surface area contributed by atoms with E-state index in [1.165, 1.54) is 0 Å². The highest BCUT2D eigenvalue weighted by molar-refractivity contribution is 5.97. The van der Waals surface area contributed by atoms with Gasteiger partial charge in [-0.2, -0.15) is 5.10 Å². The number of H-pyrrole nitrogens is 1. The third-order valence-corrected chi connectivity index (χ3v) is 3.90. The third-order valence-electron chi connectivity index (χ3n) is 3.90. The number of ether oxygens (including phenoxy) is 2. The zero-order valence-electron chi connectivity index (χ0n) is 13.1. The van der Waals surface area contributed by atoms with Crippen molar-refractivity contribution in [3.63, 3.8) is 0 Å². The van der Waals surface area contributed by atoms with Gasteiger partial charge in [0.15, 0.2) is 0 Å². The van der Waals surface area contributed by atoms with Gasteiger partial charge in [0, 0.05) is 18.4 Å². The maximum Gasteiger partial charge on any atom is 0.253 e. The molecule has 2 N–H and O–H groups in total. The van der Waals surface area contributed by atoms with Crippen molar-refractivity contribution in [2.24, 2.45) is 0 Å². The highest BCUT2D eigenvalue weighted by Gasteiger charge is 2.20. The number of carbonyl (C=O) groups is 1. The molecular weight excluding hydrogens is 294 g/mol. The Morgan fingerprint density at radius 2 is 2.35 bits per heavy atom. The van der Waals surface area contributed by atoms with Crippen LogP contribution in [0.5, 0.6) is 0 Å². The van der Waals surface area contributed by atoms with E-state index in [1.54, 1.807) is 13.1 Å². The average Bonchev–Trinajstić information content (AvgIpc) is 3.26. The first kappa shape index (κ1) is 15.7. The molecule has 2 heterocycles. The lowest BCUT2D eigenvalue weighted by atomic mass is 10.1. The maximum absolute atomic E-state index is 12.3. The molecule has 23 heavy (non-hydrogen) atoms. The summed E-state index contributed by atoms with van der Waals surface area (Å²) in [6.07, 6.45) is 3.32.